The smallest absolute Gasteiger partial charge is 0.345 e. The van der Waals surface area contributed by atoms with Crippen LogP contribution >= 0.6 is 0 Å². The van der Waals surface area contributed by atoms with E-state index in [0.717, 1.165) is 6.08 Å². The summed E-state index contributed by atoms with van der Waals surface area (Å²) in [5, 5.41) is 35.5. The van der Waals surface area contributed by atoms with Crippen LogP contribution in [-0.4, -0.2) is 44.4 Å². The molecule has 1 atom stereocenters. The lowest BCUT2D eigenvalue weighted by atomic mass is 10.2. The van der Waals surface area contributed by atoms with Gasteiger partial charge in [-0.2, -0.15) is 0 Å². The van der Waals surface area contributed by atoms with Gasteiger partial charge in [-0.25, -0.2) is 9.59 Å². The molecule has 4 N–H and O–H groups in total. The summed E-state index contributed by atoms with van der Waals surface area (Å²) in [6.45, 7) is 0. The summed E-state index contributed by atoms with van der Waals surface area (Å²) in [6, 6.07) is 3.76. The van der Waals surface area contributed by atoms with Crippen LogP contribution in [0, 0.1) is 0 Å². The van der Waals surface area contributed by atoms with Crippen molar-refractivity contribution in [3.05, 3.63) is 29.8 Å². The first-order chi connectivity index (χ1) is 9.79. The molecule has 0 aliphatic rings. The number of phenolic OH excluding ortho intramolecular Hbond substituents is 2. The van der Waals surface area contributed by atoms with E-state index in [1.54, 1.807) is 0 Å². The Labute approximate surface area is 118 Å². The third-order valence-corrected chi connectivity index (χ3v) is 2.31. The van der Waals surface area contributed by atoms with Crippen molar-refractivity contribution in [1.29, 1.82) is 0 Å². The molecule has 1 aromatic carbocycles. The van der Waals surface area contributed by atoms with Gasteiger partial charge in [0.2, 0.25) is 6.10 Å². The number of esters is 1. The topological polar surface area (TPSA) is 141 Å². The number of aromatic hydroxyl groups is 2. The van der Waals surface area contributed by atoms with Gasteiger partial charge in [0, 0.05) is 6.08 Å². The van der Waals surface area contributed by atoms with E-state index in [-0.39, 0.29) is 11.5 Å². The molecule has 0 spiro atoms. The molecule has 8 nitrogen and oxygen atoms in total. The number of ether oxygens (including phenoxy) is 1. The highest BCUT2D eigenvalue weighted by Gasteiger charge is 2.24. The first kappa shape index (κ1) is 16.0. The number of carbonyl (C=O) groups is 3. The van der Waals surface area contributed by atoms with E-state index in [0.29, 0.717) is 5.56 Å². The normalized spacial score (nSPS) is 12.0. The number of rotatable bonds is 6. The highest BCUT2D eigenvalue weighted by molar-refractivity contribution is 5.90. The molecule has 0 aliphatic heterocycles. The summed E-state index contributed by atoms with van der Waals surface area (Å²) in [7, 11) is 0. The van der Waals surface area contributed by atoms with Crippen molar-refractivity contribution in [3.8, 4) is 11.5 Å². The Kier molecular flexibility index (Phi) is 5.30. The lowest BCUT2D eigenvalue weighted by molar-refractivity contribution is -0.164. The molecule has 0 unspecified atom stereocenters. The SMILES string of the molecule is O=C(O)C[C@@H](OC(=O)C=Cc1ccc(O)c(O)c1)C(=O)O. The van der Waals surface area contributed by atoms with Gasteiger partial charge >= 0.3 is 17.9 Å². The zero-order chi connectivity index (χ0) is 16.0. The number of carboxylic acids is 2. The number of hydrogen-bond acceptors (Lipinski definition) is 6. The van der Waals surface area contributed by atoms with E-state index in [1.165, 1.54) is 24.3 Å². The minimum atomic E-state index is -1.78. The number of benzene rings is 1. The zero-order valence-corrected chi connectivity index (χ0v) is 10.6. The molecule has 0 bridgehead atoms. The quantitative estimate of drug-likeness (QED) is 0.339. The molecule has 0 amide bonds. The minimum absolute atomic E-state index is 0.331. The second kappa shape index (κ2) is 6.94. The first-order valence-electron chi connectivity index (χ1n) is 5.65. The van der Waals surface area contributed by atoms with E-state index >= 15 is 0 Å². The number of carbonyl (C=O) groups excluding carboxylic acids is 1. The van der Waals surface area contributed by atoms with Crippen molar-refractivity contribution in [2.24, 2.45) is 0 Å². The van der Waals surface area contributed by atoms with Crippen molar-refractivity contribution < 1.29 is 39.5 Å². The van der Waals surface area contributed by atoms with Gasteiger partial charge in [-0.05, 0) is 23.8 Å². The number of carboxylic acid groups (broad SMARTS) is 2. The average molecular weight is 296 g/mol. The summed E-state index contributed by atoms with van der Waals surface area (Å²) in [5.74, 6) is -4.75. The monoisotopic (exact) mass is 296 g/mol. The standard InChI is InChI=1S/C13H12O8/c14-8-3-1-7(5-9(8)15)2-4-12(18)21-10(13(19)20)6-11(16)17/h1-5,10,14-15H,6H2,(H,16,17)(H,19,20)/t10-/m1/s1. The lowest BCUT2D eigenvalue weighted by Crippen LogP contribution is -2.28. The van der Waals surface area contributed by atoms with Crippen molar-refractivity contribution >= 4 is 24.0 Å². The van der Waals surface area contributed by atoms with Crippen molar-refractivity contribution in [2.75, 3.05) is 0 Å². The second-order valence-electron chi connectivity index (χ2n) is 3.94. The van der Waals surface area contributed by atoms with Crippen LogP contribution in [0.5, 0.6) is 11.5 Å². The summed E-state index contributed by atoms with van der Waals surface area (Å²) in [6.07, 6.45) is -0.549. The fourth-order valence-electron chi connectivity index (χ4n) is 1.33. The molecule has 1 rings (SSSR count). The molecule has 0 saturated heterocycles. The number of phenols is 2. The maximum atomic E-state index is 11.4. The van der Waals surface area contributed by atoms with Gasteiger partial charge in [0.15, 0.2) is 11.5 Å². The molecular weight excluding hydrogens is 284 g/mol. The third-order valence-electron chi connectivity index (χ3n) is 2.31. The van der Waals surface area contributed by atoms with E-state index in [2.05, 4.69) is 4.74 Å². The second-order valence-corrected chi connectivity index (χ2v) is 3.94. The van der Waals surface area contributed by atoms with Crippen LogP contribution in [0.3, 0.4) is 0 Å². The molecule has 0 heterocycles. The number of hydrogen-bond donors (Lipinski definition) is 4. The first-order valence-corrected chi connectivity index (χ1v) is 5.65. The minimum Gasteiger partial charge on any atom is -0.504 e. The molecule has 0 aliphatic carbocycles. The van der Waals surface area contributed by atoms with Crippen molar-refractivity contribution in [2.45, 2.75) is 12.5 Å². The van der Waals surface area contributed by atoms with Gasteiger partial charge in [-0.1, -0.05) is 6.07 Å². The Bertz CT molecular complexity index is 590. The van der Waals surface area contributed by atoms with E-state index in [9.17, 15) is 19.5 Å². The Balaban J connectivity index is 2.70. The molecular formula is C13H12O8. The van der Waals surface area contributed by atoms with E-state index < -0.39 is 30.4 Å². The largest absolute Gasteiger partial charge is 0.504 e. The highest BCUT2D eigenvalue weighted by atomic mass is 16.6. The van der Waals surface area contributed by atoms with Gasteiger partial charge in [0.1, 0.15) is 0 Å². The summed E-state index contributed by atoms with van der Waals surface area (Å²) in [5.41, 5.74) is 0.354. The average Bonchev–Trinajstić information content (AvgIpc) is 2.38. The van der Waals surface area contributed by atoms with Crippen molar-refractivity contribution in [3.63, 3.8) is 0 Å². The molecule has 112 valence electrons. The Morgan fingerprint density at radius 3 is 2.33 bits per heavy atom. The third kappa shape index (κ3) is 5.23. The van der Waals surface area contributed by atoms with Crippen LogP contribution in [0.1, 0.15) is 12.0 Å². The summed E-state index contributed by atoms with van der Waals surface area (Å²) in [4.78, 5) is 32.5. The maximum absolute atomic E-state index is 11.4. The van der Waals surface area contributed by atoms with E-state index in [1.807, 2.05) is 0 Å². The molecule has 0 fully saturated rings. The predicted molar refractivity (Wildman–Crippen MR) is 68.6 cm³/mol. The zero-order valence-electron chi connectivity index (χ0n) is 10.6. The molecule has 21 heavy (non-hydrogen) atoms. The summed E-state index contributed by atoms with van der Waals surface area (Å²) >= 11 is 0. The lowest BCUT2D eigenvalue weighted by Gasteiger charge is -2.09. The van der Waals surface area contributed by atoms with Crippen LogP contribution in [0.4, 0.5) is 0 Å². The van der Waals surface area contributed by atoms with Crippen LogP contribution in [-0.2, 0) is 19.1 Å². The molecule has 0 saturated carbocycles. The van der Waals surface area contributed by atoms with Crippen LogP contribution < -0.4 is 0 Å². The molecule has 8 heteroatoms. The Morgan fingerprint density at radius 1 is 1.14 bits per heavy atom. The van der Waals surface area contributed by atoms with Gasteiger partial charge < -0.3 is 25.2 Å². The van der Waals surface area contributed by atoms with E-state index in [4.69, 9.17) is 15.3 Å². The predicted octanol–water partition coefficient (Wildman–Crippen LogP) is 0.582. The van der Waals surface area contributed by atoms with Crippen LogP contribution in [0.25, 0.3) is 6.08 Å². The molecule has 1 aromatic rings. The highest BCUT2D eigenvalue weighted by Crippen LogP contribution is 2.25. The molecule has 0 aromatic heterocycles. The van der Waals surface area contributed by atoms with Crippen LogP contribution in [0.2, 0.25) is 0 Å². The summed E-state index contributed by atoms with van der Waals surface area (Å²) < 4.78 is 4.48. The number of aliphatic carboxylic acids is 2. The molecule has 0 radical (unpaired) electrons. The Morgan fingerprint density at radius 2 is 1.81 bits per heavy atom. The van der Waals surface area contributed by atoms with Crippen molar-refractivity contribution in [1.82, 2.24) is 0 Å². The fraction of sp³-hybridized carbons (Fsp3) is 0.154. The van der Waals surface area contributed by atoms with Gasteiger partial charge in [-0.15, -0.1) is 0 Å². The fourth-order valence-corrected chi connectivity index (χ4v) is 1.33. The van der Waals surface area contributed by atoms with Crippen LogP contribution in [0.15, 0.2) is 24.3 Å². The van der Waals surface area contributed by atoms with Gasteiger partial charge in [-0.3, -0.25) is 4.79 Å². The maximum Gasteiger partial charge on any atom is 0.345 e. The van der Waals surface area contributed by atoms with Gasteiger partial charge in [0.25, 0.3) is 0 Å². The van der Waals surface area contributed by atoms with Gasteiger partial charge in [0.05, 0.1) is 6.42 Å². The Hall–Kier alpha value is -3.03.